The zero-order chi connectivity index (χ0) is 35.4. The maximum atomic E-state index is 14.4. The van der Waals surface area contributed by atoms with Crippen molar-refractivity contribution in [3.63, 3.8) is 0 Å². The standard InChI is InChI=1S/C40H46N8O2/c1-25-13-15-33(16-14-25)48-35(24-34(47-48)40(4,5)6)46-39(50)45-32-12-7-9-29(22-32)36(28-17-19-41-20-18-28)37(49)30-10-8-11-31(23-30)44-38-42-26(2)21-27(3)43-38/h7-16,21-24,28,36,41H,17-20H2,1-6H3,(H,42,43,44)(H2,45,46,50). The fourth-order valence-electron chi connectivity index (χ4n) is 6.46. The molecule has 1 aliphatic heterocycles. The van der Waals surface area contributed by atoms with Gasteiger partial charge in [-0.05, 0) is 101 Å². The van der Waals surface area contributed by atoms with Crippen LogP contribution in [0.25, 0.3) is 5.69 Å². The number of aryl methyl sites for hydroxylation is 3. The molecule has 0 aliphatic carbocycles. The van der Waals surface area contributed by atoms with E-state index in [0.29, 0.717) is 23.0 Å². The van der Waals surface area contributed by atoms with E-state index in [2.05, 4.69) is 52.0 Å². The van der Waals surface area contributed by atoms with Crippen LogP contribution in [0.5, 0.6) is 0 Å². The van der Waals surface area contributed by atoms with Crippen LogP contribution >= 0.6 is 0 Å². The van der Waals surface area contributed by atoms with Gasteiger partial charge < -0.3 is 16.0 Å². The van der Waals surface area contributed by atoms with Crippen molar-refractivity contribution < 1.29 is 9.59 Å². The highest BCUT2D eigenvalue weighted by molar-refractivity contribution is 6.03. The molecule has 10 nitrogen and oxygen atoms in total. The minimum Gasteiger partial charge on any atom is -0.324 e. The lowest BCUT2D eigenvalue weighted by molar-refractivity contribution is 0.0916. The summed E-state index contributed by atoms with van der Waals surface area (Å²) in [6, 6.07) is 26.6. The van der Waals surface area contributed by atoms with Gasteiger partial charge in [-0.15, -0.1) is 0 Å². The number of nitrogens with one attached hydrogen (secondary N) is 4. The molecule has 3 aromatic carbocycles. The Bertz CT molecular complexity index is 1970. The van der Waals surface area contributed by atoms with Crippen LogP contribution in [0.2, 0.25) is 0 Å². The van der Waals surface area contributed by atoms with Crippen LogP contribution in [0, 0.1) is 26.7 Å². The summed E-state index contributed by atoms with van der Waals surface area (Å²) in [6.07, 6.45) is 1.75. The summed E-state index contributed by atoms with van der Waals surface area (Å²) in [5, 5.41) is 17.6. The molecule has 1 fully saturated rings. The first-order chi connectivity index (χ1) is 23.9. The quantitative estimate of drug-likeness (QED) is 0.116. The monoisotopic (exact) mass is 670 g/mol. The molecule has 3 heterocycles. The maximum Gasteiger partial charge on any atom is 0.324 e. The highest BCUT2D eigenvalue weighted by Gasteiger charge is 2.32. The second-order valence-electron chi connectivity index (χ2n) is 14.2. The molecule has 2 aromatic heterocycles. The molecular formula is C40H46N8O2. The van der Waals surface area contributed by atoms with Gasteiger partial charge in [-0.2, -0.15) is 5.10 Å². The molecule has 0 spiro atoms. The molecule has 0 saturated carbocycles. The second kappa shape index (κ2) is 14.6. The Morgan fingerprint density at radius 2 is 1.50 bits per heavy atom. The van der Waals surface area contributed by atoms with E-state index in [1.165, 1.54) is 0 Å². The number of benzene rings is 3. The molecule has 6 rings (SSSR count). The van der Waals surface area contributed by atoms with Crippen molar-refractivity contribution in [1.82, 2.24) is 25.1 Å². The van der Waals surface area contributed by atoms with E-state index in [1.54, 1.807) is 4.68 Å². The number of hydrogen-bond acceptors (Lipinski definition) is 7. The van der Waals surface area contributed by atoms with Crippen molar-refractivity contribution in [3.05, 3.63) is 119 Å². The molecule has 50 heavy (non-hydrogen) atoms. The summed E-state index contributed by atoms with van der Waals surface area (Å²) in [5.41, 5.74) is 7.21. The molecule has 4 N–H and O–H groups in total. The van der Waals surface area contributed by atoms with Crippen LogP contribution in [-0.4, -0.2) is 44.7 Å². The fourth-order valence-corrected chi connectivity index (χ4v) is 6.46. The second-order valence-corrected chi connectivity index (χ2v) is 14.2. The first kappa shape index (κ1) is 34.5. The molecule has 5 aromatic rings. The molecular weight excluding hydrogens is 624 g/mol. The van der Waals surface area contributed by atoms with Gasteiger partial charge in [0.2, 0.25) is 5.95 Å². The van der Waals surface area contributed by atoms with Gasteiger partial charge in [0.05, 0.1) is 17.3 Å². The van der Waals surface area contributed by atoms with Gasteiger partial charge in [-0.3, -0.25) is 10.1 Å². The van der Waals surface area contributed by atoms with E-state index in [-0.39, 0.29) is 23.0 Å². The smallest absolute Gasteiger partial charge is 0.324 e. The van der Waals surface area contributed by atoms with Crippen molar-refractivity contribution in [2.24, 2.45) is 5.92 Å². The highest BCUT2D eigenvalue weighted by Crippen LogP contribution is 2.36. The van der Waals surface area contributed by atoms with Crippen molar-refractivity contribution in [1.29, 1.82) is 0 Å². The van der Waals surface area contributed by atoms with Crippen molar-refractivity contribution >= 4 is 35.0 Å². The number of aromatic nitrogens is 4. The van der Waals surface area contributed by atoms with Gasteiger partial charge in [0.25, 0.3) is 0 Å². The number of anilines is 4. The largest absolute Gasteiger partial charge is 0.324 e. The van der Waals surface area contributed by atoms with Crippen LogP contribution in [0.4, 0.5) is 27.9 Å². The molecule has 1 saturated heterocycles. The Kier molecular flexibility index (Phi) is 10.1. The number of rotatable bonds is 9. The number of piperidine rings is 1. The van der Waals surface area contributed by atoms with E-state index in [9.17, 15) is 9.59 Å². The number of hydrogen-bond donors (Lipinski definition) is 4. The highest BCUT2D eigenvalue weighted by atomic mass is 16.2. The van der Waals surface area contributed by atoms with Crippen LogP contribution in [0.3, 0.4) is 0 Å². The van der Waals surface area contributed by atoms with E-state index in [1.807, 2.05) is 106 Å². The van der Waals surface area contributed by atoms with E-state index >= 15 is 0 Å². The molecule has 1 aliphatic rings. The van der Waals surface area contributed by atoms with E-state index in [0.717, 1.165) is 65.5 Å². The number of urea groups is 1. The number of nitrogens with zero attached hydrogens (tertiary/aromatic N) is 4. The topological polar surface area (TPSA) is 126 Å². The first-order valence-electron chi connectivity index (χ1n) is 17.2. The molecule has 0 radical (unpaired) electrons. The third-order valence-electron chi connectivity index (χ3n) is 9.02. The summed E-state index contributed by atoms with van der Waals surface area (Å²) in [4.78, 5) is 36.9. The Morgan fingerprint density at radius 1 is 0.820 bits per heavy atom. The van der Waals surface area contributed by atoms with Crippen LogP contribution in [0.15, 0.2) is 84.9 Å². The zero-order valence-corrected chi connectivity index (χ0v) is 29.7. The lowest BCUT2D eigenvalue weighted by Gasteiger charge is -2.30. The van der Waals surface area contributed by atoms with Crippen molar-refractivity contribution in [2.45, 2.75) is 65.7 Å². The van der Waals surface area contributed by atoms with Crippen LogP contribution in [-0.2, 0) is 5.41 Å². The Labute approximate surface area is 294 Å². The molecule has 0 bridgehead atoms. The summed E-state index contributed by atoms with van der Waals surface area (Å²) in [6.45, 7) is 13.9. The van der Waals surface area contributed by atoms with Crippen molar-refractivity contribution in [3.8, 4) is 5.69 Å². The average Bonchev–Trinajstić information content (AvgIpc) is 3.50. The minimum absolute atomic E-state index is 0.0419. The number of Topliss-reactive ketones (excluding diaryl/α,β-unsaturated/α-hetero) is 1. The number of carbonyl (C=O) groups is 2. The summed E-state index contributed by atoms with van der Waals surface area (Å²) in [7, 11) is 0. The van der Waals surface area contributed by atoms with Gasteiger partial charge in [-0.25, -0.2) is 19.4 Å². The first-order valence-corrected chi connectivity index (χ1v) is 17.2. The molecule has 10 heteroatoms. The Morgan fingerprint density at radius 3 is 2.20 bits per heavy atom. The van der Waals surface area contributed by atoms with Crippen LogP contribution < -0.4 is 21.3 Å². The lowest BCUT2D eigenvalue weighted by atomic mass is 9.76. The minimum atomic E-state index is -0.395. The summed E-state index contributed by atoms with van der Waals surface area (Å²) in [5.74, 6) is 0.865. The third-order valence-corrected chi connectivity index (χ3v) is 9.02. The van der Waals surface area contributed by atoms with Gasteiger partial charge >= 0.3 is 6.03 Å². The van der Waals surface area contributed by atoms with Gasteiger partial charge in [0.1, 0.15) is 5.82 Å². The number of amides is 2. The van der Waals surface area contributed by atoms with Gasteiger partial charge in [0, 0.05) is 39.8 Å². The van der Waals surface area contributed by atoms with Crippen LogP contribution in [0.1, 0.15) is 78.1 Å². The van der Waals surface area contributed by atoms with E-state index in [4.69, 9.17) is 5.10 Å². The summed E-state index contributed by atoms with van der Waals surface area (Å²) >= 11 is 0. The maximum absolute atomic E-state index is 14.4. The third kappa shape index (κ3) is 8.26. The predicted octanol–water partition coefficient (Wildman–Crippen LogP) is 8.24. The number of ketones is 1. The molecule has 1 unspecified atom stereocenters. The fraction of sp³-hybridized carbons (Fsp3) is 0.325. The SMILES string of the molecule is Cc1ccc(-n2nc(C(C)(C)C)cc2NC(=O)Nc2cccc(C(C(=O)c3cccc(Nc4nc(C)cc(C)n4)c3)C3CCNCC3)c2)cc1. The Hall–Kier alpha value is -5.35. The number of carbonyl (C=O) groups excluding carboxylic acids is 2. The normalized spacial score (nSPS) is 14.2. The van der Waals surface area contributed by atoms with Crippen molar-refractivity contribution in [2.75, 3.05) is 29.0 Å². The average molecular weight is 671 g/mol. The van der Waals surface area contributed by atoms with Gasteiger partial charge in [-0.1, -0.05) is 62.7 Å². The Balaban J connectivity index is 1.25. The van der Waals surface area contributed by atoms with Gasteiger partial charge in [0.15, 0.2) is 5.78 Å². The van der Waals surface area contributed by atoms with E-state index < -0.39 is 6.03 Å². The molecule has 2 amide bonds. The predicted molar refractivity (Wildman–Crippen MR) is 200 cm³/mol. The zero-order valence-electron chi connectivity index (χ0n) is 29.7. The lowest BCUT2D eigenvalue weighted by Crippen LogP contribution is -2.33. The molecule has 258 valence electrons. The summed E-state index contributed by atoms with van der Waals surface area (Å²) < 4.78 is 1.76. The molecule has 1 atom stereocenters.